The van der Waals surface area contributed by atoms with Crippen molar-refractivity contribution in [3.05, 3.63) is 58.1 Å². The van der Waals surface area contributed by atoms with Gasteiger partial charge in [-0.3, -0.25) is 4.90 Å². The molecule has 0 radical (unpaired) electrons. The van der Waals surface area contributed by atoms with Gasteiger partial charge in [0, 0.05) is 18.5 Å². The highest BCUT2D eigenvalue weighted by atomic mass is 32.1. The van der Waals surface area contributed by atoms with Crippen LogP contribution in [-0.4, -0.2) is 23.0 Å². The summed E-state index contributed by atoms with van der Waals surface area (Å²) in [6.07, 6.45) is 0. The van der Waals surface area contributed by atoms with Gasteiger partial charge < -0.3 is 4.74 Å². The van der Waals surface area contributed by atoms with E-state index in [2.05, 4.69) is 54.7 Å². The lowest BCUT2D eigenvalue weighted by Gasteiger charge is -2.18. The first-order chi connectivity index (χ1) is 10.6. The molecule has 0 saturated carbocycles. The Morgan fingerprint density at radius 2 is 2.05 bits per heavy atom. The minimum atomic E-state index is 0.528. The van der Waals surface area contributed by atoms with Gasteiger partial charge in [0.15, 0.2) is 0 Å². The number of rotatable bonds is 8. The fourth-order valence-electron chi connectivity index (χ4n) is 2.16. The van der Waals surface area contributed by atoms with Crippen LogP contribution in [0.3, 0.4) is 0 Å². The molecule has 0 bridgehead atoms. The molecule has 3 nitrogen and oxygen atoms in total. The van der Waals surface area contributed by atoms with E-state index in [4.69, 9.17) is 4.74 Å². The quantitative estimate of drug-likeness (QED) is 0.674. The van der Waals surface area contributed by atoms with E-state index in [0.717, 1.165) is 36.1 Å². The first-order valence-electron chi connectivity index (χ1n) is 7.56. The summed E-state index contributed by atoms with van der Waals surface area (Å²) in [6.45, 7) is 13.6. The first-order valence-corrected chi connectivity index (χ1v) is 8.44. The van der Waals surface area contributed by atoms with Gasteiger partial charge >= 0.3 is 0 Å². The molecule has 22 heavy (non-hydrogen) atoms. The summed E-state index contributed by atoms with van der Waals surface area (Å²) >= 11 is 1.66. The number of likely N-dealkylation sites (N-methyl/N-ethyl adjacent to an activating group) is 1. The SMILES string of the molecule is C=C(C)CN(CC)Cc1csc(COc2ccc(C)cc2)n1. The maximum Gasteiger partial charge on any atom is 0.140 e. The molecule has 1 aromatic heterocycles. The van der Waals surface area contributed by atoms with E-state index in [1.807, 2.05) is 12.1 Å². The fraction of sp³-hybridized carbons (Fsp3) is 0.389. The Labute approximate surface area is 137 Å². The fourth-order valence-corrected chi connectivity index (χ4v) is 2.85. The van der Waals surface area contributed by atoms with Gasteiger partial charge in [0.2, 0.25) is 0 Å². The molecule has 118 valence electrons. The Morgan fingerprint density at radius 1 is 1.32 bits per heavy atom. The molecule has 0 fully saturated rings. The normalized spacial score (nSPS) is 10.9. The minimum absolute atomic E-state index is 0.528. The van der Waals surface area contributed by atoms with Crippen LogP contribution in [0.25, 0.3) is 0 Å². The molecular formula is C18H24N2OS. The van der Waals surface area contributed by atoms with E-state index >= 15 is 0 Å². The molecule has 1 aromatic carbocycles. The summed E-state index contributed by atoms with van der Waals surface area (Å²) in [7, 11) is 0. The minimum Gasteiger partial charge on any atom is -0.486 e. The van der Waals surface area contributed by atoms with Crippen molar-refractivity contribution in [1.29, 1.82) is 0 Å². The Hall–Kier alpha value is -1.65. The van der Waals surface area contributed by atoms with Gasteiger partial charge in [-0.25, -0.2) is 4.98 Å². The van der Waals surface area contributed by atoms with Gasteiger partial charge in [0.05, 0.1) is 5.69 Å². The standard InChI is InChI=1S/C18H24N2OS/c1-5-20(10-14(2)3)11-16-13-22-18(19-16)12-21-17-8-6-15(4)7-9-17/h6-9,13H,2,5,10-12H2,1,3-4H3. The second-order valence-corrected chi connectivity index (χ2v) is 6.54. The van der Waals surface area contributed by atoms with Crippen molar-refractivity contribution in [2.45, 2.75) is 33.9 Å². The number of benzene rings is 1. The van der Waals surface area contributed by atoms with Crippen LogP contribution < -0.4 is 4.74 Å². The van der Waals surface area contributed by atoms with Crippen molar-refractivity contribution in [2.75, 3.05) is 13.1 Å². The molecule has 0 atom stereocenters. The number of hydrogen-bond donors (Lipinski definition) is 0. The largest absolute Gasteiger partial charge is 0.486 e. The number of hydrogen-bond acceptors (Lipinski definition) is 4. The predicted molar refractivity (Wildman–Crippen MR) is 93.4 cm³/mol. The Balaban J connectivity index is 1.88. The third-order valence-corrected chi connectivity index (χ3v) is 4.18. The van der Waals surface area contributed by atoms with Crippen LogP contribution in [0.5, 0.6) is 5.75 Å². The lowest BCUT2D eigenvalue weighted by Crippen LogP contribution is -2.24. The zero-order valence-electron chi connectivity index (χ0n) is 13.6. The Morgan fingerprint density at radius 3 is 2.68 bits per heavy atom. The maximum atomic E-state index is 5.78. The van der Waals surface area contributed by atoms with Gasteiger partial charge in [-0.2, -0.15) is 0 Å². The zero-order valence-corrected chi connectivity index (χ0v) is 14.4. The highest BCUT2D eigenvalue weighted by Gasteiger charge is 2.08. The molecule has 0 aliphatic carbocycles. The van der Waals surface area contributed by atoms with Crippen molar-refractivity contribution in [2.24, 2.45) is 0 Å². The summed E-state index contributed by atoms with van der Waals surface area (Å²) < 4.78 is 5.78. The second kappa shape index (κ2) is 8.11. The van der Waals surface area contributed by atoms with Gasteiger partial charge in [-0.1, -0.05) is 36.8 Å². The highest BCUT2D eigenvalue weighted by molar-refractivity contribution is 7.09. The molecule has 0 amide bonds. The molecule has 0 aliphatic heterocycles. The number of nitrogens with zero attached hydrogens (tertiary/aromatic N) is 2. The van der Waals surface area contributed by atoms with Crippen molar-refractivity contribution >= 4 is 11.3 Å². The van der Waals surface area contributed by atoms with Crippen molar-refractivity contribution in [1.82, 2.24) is 9.88 Å². The topological polar surface area (TPSA) is 25.4 Å². The van der Waals surface area contributed by atoms with E-state index in [1.165, 1.54) is 11.1 Å². The molecular weight excluding hydrogens is 292 g/mol. The van der Waals surface area contributed by atoms with Crippen LogP contribution in [0.15, 0.2) is 41.8 Å². The van der Waals surface area contributed by atoms with Crippen LogP contribution in [0.4, 0.5) is 0 Å². The Bertz CT molecular complexity index is 604. The summed E-state index contributed by atoms with van der Waals surface area (Å²) in [4.78, 5) is 7.00. The van der Waals surface area contributed by atoms with Gasteiger partial charge in [0.25, 0.3) is 0 Å². The van der Waals surface area contributed by atoms with E-state index in [0.29, 0.717) is 6.61 Å². The number of aromatic nitrogens is 1. The van der Waals surface area contributed by atoms with Crippen molar-refractivity contribution in [3.8, 4) is 5.75 Å². The maximum absolute atomic E-state index is 5.78. The molecule has 0 unspecified atom stereocenters. The summed E-state index contributed by atoms with van der Waals surface area (Å²) in [6, 6.07) is 8.10. The van der Waals surface area contributed by atoms with Crippen LogP contribution in [0.1, 0.15) is 30.1 Å². The molecule has 2 aromatic rings. The molecule has 1 heterocycles. The molecule has 0 spiro atoms. The molecule has 4 heteroatoms. The van der Waals surface area contributed by atoms with Crippen molar-refractivity contribution < 1.29 is 4.74 Å². The predicted octanol–water partition coefficient (Wildman–Crippen LogP) is 4.43. The third kappa shape index (κ3) is 5.28. The van der Waals surface area contributed by atoms with Crippen LogP contribution in [-0.2, 0) is 13.2 Å². The lowest BCUT2D eigenvalue weighted by molar-refractivity contribution is 0.295. The number of ether oxygens (including phenoxy) is 1. The average molecular weight is 316 g/mol. The Kier molecular flexibility index (Phi) is 6.16. The van der Waals surface area contributed by atoms with Gasteiger partial charge in [-0.05, 0) is 32.5 Å². The van der Waals surface area contributed by atoms with E-state index in [-0.39, 0.29) is 0 Å². The van der Waals surface area contributed by atoms with Crippen LogP contribution in [0.2, 0.25) is 0 Å². The van der Waals surface area contributed by atoms with Crippen LogP contribution >= 0.6 is 11.3 Å². The monoisotopic (exact) mass is 316 g/mol. The second-order valence-electron chi connectivity index (χ2n) is 5.59. The zero-order chi connectivity index (χ0) is 15.9. The van der Waals surface area contributed by atoms with E-state index < -0.39 is 0 Å². The van der Waals surface area contributed by atoms with E-state index in [9.17, 15) is 0 Å². The summed E-state index contributed by atoms with van der Waals surface area (Å²) in [5.41, 5.74) is 3.52. The van der Waals surface area contributed by atoms with E-state index in [1.54, 1.807) is 11.3 Å². The molecule has 0 aliphatic rings. The summed E-state index contributed by atoms with van der Waals surface area (Å²) in [5.74, 6) is 0.889. The van der Waals surface area contributed by atoms with Crippen molar-refractivity contribution in [3.63, 3.8) is 0 Å². The summed E-state index contributed by atoms with van der Waals surface area (Å²) in [5, 5.41) is 3.14. The molecule has 0 N–H and O–H groups in total. The highest BCUT2D eigenvalue weighted by Crippen LogP contribution is 2.17. The molecule has 2 rings (SSSR count). The number of thiazole rings is 1. The smallest absolute Gasteiger partial charge is 0.140 e. The number of aryl methyl sites for hydroxylation is 1. The van der Waals surface area contributed by atoms with Gasteiger partial charge in [0.1, 0.15) is 17.4 Å². The van der Waals surface area contributed by atoms with Gasteiger partial charge in [-0.15, -0.1) is 11.3 Å². The lowest BCUT2D eigenvalue weighted by atomic mass is 10.2. The first kappa shape index (κ1) is 16.7. The average Bonchev–Trinajstić information content (AvgIpc) is 2.93. The molecule has 0 saturated heterocycles. The van der Waals surface area contributed by atoms with Crippen LogP contribution in [0, 0.1) is 6.92 Å². The third-order valence-electron chi connectivity index (χ3n) is 3.31.